The summed E-state index contributed by atoms with van der Waals surface area (Å²) in [6.45, 7) is 6.17. The smallest absolute Gasteiger partial charge is 0.281 e. The van der Waals surface area contributed by atoms with Crippen molar-refractivity contribution in [2.75, 3.05) is 26.2 Å². The van der Waals surface area contributed by atoms with Gasteiger partial charge in [0.05, 0.1) is 23.8 Å². The Hall–Kier alpha value is -2.02. The Morgan fingerprint density at radius 1 is 1.03 bits per heavy atom. The normalized spacial score (nSPS) is 20.0. The highest BCUT2D eigenvalue weighted by Gasteiger charge is 2.38. The average Bonchev–Trinajstić information content (AvgIpc) is 3.19. The average molecular weight is 410 g/mol. The number of nitrogens with zero attached hydrogens (tertiary/aromatic N) is 3. The van der Waals surface area contributed by atoms with E-state index in [4.69, 9.17) is 4.74 Å². The molecule has 29 heavy (non-hydrogen) atoms. The van der Waals surface area contributed by atoms with Gasteiger partial charge in [0.2, 0.25) is 0 Å². The molecule has 0 atom stereocenters. The van der Waals surface area contributed by atoms with Crippen LogP contribution in [0, 0.1) is 0 Å². The number of hydrogen-bond acceptors (Lipinski definition) is 5. The number of rotatable bonds is 5. The van der Waals surface area contributed by atoms with Crippen LogP contribution in [0.15, 0.2) is 42.6 Å². The van der Waals surface area contributed by atoms with E-state index in [9.17, 15) is 0 Å². The summed E-state index contributed by atoms with van der Waals surface area (Å²) in [5.41, 5.74) is 2.17. The standard InChI is InChI=1S/C23H29N4OS/c1-2-15-27(16-3-1,19-10-13-24-14-11-19)17-18-6-8-20(9-7-18)28-23-26-22-21(29-23)5-4-12-25-22/h4-9,12,19,24H,1-3,10-11,13-17H2/q+1. The van der Waals surface area contributed by atoms with Crippen LogP contribution >= 0.6 is 11.3 Å². The molecule has 3 aromatic rings. The molecule has 2 fully saturated rings. The third kappa shape index (κ3) is 4.15. The monoisotopic (exact) mass is 409 g/mol. The van der Waals surface area contributed by atoms with E-state index in [2.05, 4.69) is 39.6 Å². The number of piperidine rings is 2. The minimum Gasteiger partial charge on any atom is -0.431 e. The van der Waals surface area contributed by atoms with Gasteiger partial charge in [-0.2, -0.15) is 4.98 Å². The Labute approximate surface area is 176 Å². The molecule has 0 radical (unpaired) electrons. The zero-order valence-corrected chi connectivity index (χ0v) is 17.7. The first-order valence-corrected chi connectivity index (χ1v) is 11.7. The molecule has 4 heterocycles. The van der Waals surface area contributed by atoms with E-state index >= 15 is 0 Å². The summed E-state index contributed by atoms with van der Waals surface area (Å²) in [5.74, 6) is 0.847. The quantitative estimate of drug-likeness (QED) is 0.619. The Morgan fingerprint density at radius 3 is 2.59 bits per heavy atom. The molecule has 0 bridgehead atoms. The molecule has 2 aromatic heterocycles. The first-order chi connectivity index (χ1) is 14.3. The van der Waals surface area contributed by atoms with Crippen LogP contribution in [0.4, 0.5) is 0 Å². The van der Waals surface area contributed by atoms with E-state index in [1.165, 1.54) is 79.7 Å². The number of aromatic nitrogens is 2. The number of ether oxygens (including phenoxy) is 1. The molecule has 0 unspecified atom stereocenters. The van der Waals surface area contributed by atoms with Crippen molar-refractivity contribution in [3.05, 3.63) is 48.2 Å². The summed E-state index contributed by atoms with van der Waals surface area (Å²) in [5, 5.41) is 4.19. The lowest BCUT2D eigenvalue weighted by atomic mass is 9.95. The number of thiazole rings is 1. The van der Waals surface area contributed by atoms with Crippen molar-refractivity contribution >= 4 is 21.7 Å². The maximum absolute atomic E-state index is 6.00. The lowest BCUT2D eigenvalue weighted by Gasteiger charge is -2.49. The lowest BCUT2D eigenvalue weighted by Crippen LogP contribution is -2.59. The van der Waals surface area contributed by atoms with E-state index < -0.39 is 0 Å². The van der Waals surface area contributed by atoms with Crippen molar-refractivity contribution < 1.29 is 9.22 Å². The Morgan fingerprint density at radius 2 is 1.83 bits per heavy atom. The van der Waals surface area contributed by atoms with Gasteiger partial charge in [0.15, 0.2) is 5.65 Å². The Kier molecular flexibility index (Phi) is 5.48. The third-order valence-corrected chi connectivity index (χ3v) is 7.45. The SMILES string of the molecule is c1cnc2nc(Oc3ccc(C[N+]4(C5CCNCC5)CCCCC4)cc3)sc2c1. The van der Waals surface area contributed by atoms with Crippen LogP contribution in [0.3, 0.4) is 0 Å². The van der Waals surface area contributed by atoms with E-state index in [1.807, 2.05) is 12.1 Å². The minimum absolute atomic E-state index is 0.653. The van der Waals surface area contributed by atoms with Crippen LogP contribution in [0.5, 0.6) is 10.9 Å². The van der Waals surface area contributed by atoms with Crippen molar-refractivity contribution in [1.82, 2.24) is 15.3 Å². The predicted octanol–water partition coefficient (Wildman–Crippen LogP) is 4.74. The largest absolute Gasteiger partial charge is 0.431 e. The number of pyridine rings is 1. The zero-order chi connectivity index (χ0) is 19.5. The van der Waals surface area contributed by atoms with Gasteiger partial charge in [-0.1, -0.05) is 11.3 Å². The van der Waals surface area contributed by atoms with Crippen LogP contribution in [0.1, 0.15) is 37.7 Å². The summed E-state index contributed by atoms with van der Waals surface area (Å²) in [6, 6.07) is 13.4. The molecule has 1 N–H and O–H groups in total. The molecule has 2 saturated heterocycles. The highest BCUT2D eigenvalue weighted by molar-refractivity contribution is 7.20. The van der Waals surface area contributed by atoms with E-state index in [1.54, 1.807) is 6.20 Å². The van der Waals surface area contributed by atoms with Gasteiger partial charge in [-0.25, -0.2) is 4.98 Å². The summed E-state index contributed by atoms with van der Waals surface area (Å²) in [6.07, 6.45) is 8.53. The minimum atomic E-state index is 0.653. The molecule has 0 amide bonds. The maximum atomic E-state index is 6.00. The first kappa shape index (κ1) is 19.0. The van der Waals surface area contributed by atoms with Crippen molar-refractivity contribution in [3.63, 3.8) is 0 Å². The second kappa shape index (κ2) is 8.38. The van der Waals surface area contributed by atoms with E-state index in [0.717, 1.165) is 28.7 Å². The molecule has 1 aromatic carbocycles. The Balaban J connectivity index is 1.30. The van der Waals surface area contributed by atoms with Crippen LogP contribution in [0.25, 0.3) is 10.3 Å². The van der Waals surface area contributed by atoms with Gasteiger partial charge in [0, 0.05) is 37.7 Å². The van der Waals surface area contributed by atoms with Crippen LogP contribution in [-0.2, 0) is 6.54 Å². The van der Waals surface area contributed by atoms with Crippen LogP contribution < -0.4 is 10.1 Å². The molecule has 2 aliphatic rings. The molecule has 152 valence electrons. The van der Waals surface area contributed by atoms with Crippen LogP contribution in [-0.4, -0.2) is 46.7 Å². The second-order valence-electron chi connectivity index (χ2n) is 8.42. The maximum Gasteiger partial charge on any atom is 0.281 e. The fourth-order valence-electron chi connectivity index (χ4n) is 5.07. The molecule has 0 aliphatic carbocycles. The lowest BCUT2D eigenvalue weighted by molar-refractivity contribution is -0.968. The highest BCUT2D eigenvalue weighted by Crippen LogP contribution is 2.33. The summed E-state index contributed by atoms with van der Waals surface area (Å²) in [4.78, 5) is 8.76. The molecular formula is C23H29N4OS+. The van der Waals surface area contributed by atoms with Crippen LogP contribution in [0.2, 0.25) is 0 Å². The molecule has 0 saturated carbocycles. The highest BCUT2D eigenvalue weighted by atomic mass is 32.1. The molecule has 5 rings (SSSR count). The van der Waals surface area contributed by atoms with Gasteiger partial charge >= 0.3 is 0 Å². The van der Waals surface area contributed by atoms with E-state index in [-0.39, 0.29) is 0 Å². The number of hydrogen-bond donors (Lipinski definition) is 1. The number of fused-ring (bicyclic) bond motifs is 1. The number of benzene rings is 1. The van der Waals surface area contributed by atoms with Gasteiger partial charge in [-0.15, -0.1) is 0 Å². The third-order valence-electron chi connectivity index (χ3n) is 6.56. The number of likely N-dealkylation sites (tertiary alicyclic amines) is 1. The van der Waals surface area contributed by atoms with Crippen molar-refractivity contribution in [2.24, 2.45) is 0 Å². The Bertz CT molecular complexity index is 910. The van der Waals surface area contributed by atoms with Gasteiger partial charge < -0.3 is 14.5 Å². The van der Waals surface area contributed by atoms with E-state index in [0.29, 0.717) is 5.19 Å². The zero-order valence-electron chi connectivity index (χ0n) is 16.8. The summed E-state index contributed by atoms with van der Waals surface area (Å²) < 4.78 is 8.34. The summed E-state index contributed by atoms with van der Waals surface area (Å²) >= 11 is 1.54. The van der Waals surface area contributed by atoms with Gasteiger partial charge in [0.1, 0.15) is 12.3 Å². The molecule has 0 spiro atoms. The number of nitrogens with one attached hydrogen (secondary N) is 1. The van der Waals surface area contributed by atoms with Crippen molar-refractivity contribution in [3.8, 4) is 10.9 Å². The van der Waals surface area contributed by atoms with Crippen molar-refractivity contribution in [1.29, 1.82) is 0 Å². The van der Waals surface area contributed by atoms with Gasteiger partial charge in [-0.05, 0) is 55.7 Å². The molecule has 6 heteroatoms. The van der Waals surface area contributed by atoms with Gasteiger partial charge in [0.25, 0.3) is 5.19 Å². The second-order valence-corrected chi connectivity index (χ2v) is 9.41. The molecule has 5 nitrogen and oxygen atoms in total. The van der Waals surface area contributed by atoms with Gasteiger partial charge in [-0.3, -0.25) is 0 Å². The summed E-state index contributed by atoms with van der Waals surface area (Å²) in [7, 11) is 0. The molecular weight excluding hydrogens is 380 g/mol. The number of quaternary nitrogens is 1. The topological polar surface area (TPSA) is 47.0 Å². The van der Waals surface area contributed by atoms with Crippen molar-refractivity contribution in [2.45, 2.75) is 44.7 Å². The molecule has 2 aliphatic heterocycles. The fourth-order valence-corrected chi connectivity index (χ4v) is 5.86. The first-order valence-electron chi connectivity index (χ1n) is 10.9. The fraction of sp³-hybridized carbons (Fsp3) is 0.478. The predicted molar refractivity (Wildman–Crippen MR) is 117 cm³/mol.